The second-order valence-corrected chi connectivity index (χ2v) is 6.82. The summed E-state index contributed by atoms with van der Waals surface area (Å²) in [4.78, 5) is 14.9. The van der Waals surface area contributed by atoms with Crippen LogP contribution in [0.2, 0.25) is 14.4 Å². The van der Waals surface area contributed by atoms with Gasteiger partial charge in [-0.25, -0.2) is 0 Å². The molecule has 0 spiro atoms. The van der Waals surface area contributed by atoms with Crippen LogP contribution in [0.15, 0.2) is 24.3 Å². The van der Waals surface area contributed by atoms with Gasteiger partial charge in [0.25, 0.3) is 5.91 Å². The molecule has 106 valence electrons. The summed E-state index contributed by atoms with van der Waals surface area (Å²) >= 11 is 19.3. The minimum atomic E-state index is -0.242. The van der Waals surface area contributed by atoms with E-state index in [-0.39, 0.29) is 16.0 Å². The number of hydrogen-bond acceptors (Lipinski definition) is 3. The van der Waals surface area contributed by atoms with Crippen LogP contribution in [-0.4, -0.2) is 17.9 Å². The monoisotopic (exact) mass is 348 g/mol. The number of carbonyl (C=O) groups excluding carboxylic acids is 1. The average Bonchev–Trinajstić information content (AvgIpc) is 2.78. The van der Waals surface area contributed by atoms with Gasteiger partial charge in [0.1, 0.15) is 0 Å². The predicted molar refractivity (Wildman–Crippen MR) is 86.0 cm³/mol. The van der Waals surface area contributed by atoms with Gasteiger partial charge in [0.2, 0.25) is 0 Å². The van der Waals surface area contributed by atoms with E-state index >= 15 is 0 Å². The number of benzene rings is 1. The van der Waals surface area contributed by atoms with E-state index in [0.717, 1.165) is 4.88 Å². The minimum absolute atomic E-state index is 0.210. The minimum Gasteiger partial charge on any atom is -0.399 e. The van der Waals surface area contributed by atoms with Crippen LogP contribution in [0.3, 0.4) is 0 Å². The van der Waals surface area contributed by atoms with E-state index in [1.165, 1.54) is 23.5 Å². The van der Waals surface area contributed by atoms with E-state index in [1.807, 2.05) is 6.07 Å². The molecular weight excluding hydrogens is 339 g/mol. The standard InChI is InChI=1S/C13H11Cl3N2OS/c1-18(6-8-2-3-11(15)20-8)13(19)9-4-7(17)5-10(14)12(9)16/h2-5H,6,17H2,1H3. The lowest BCUT2D eigenvalue weighted by molar-refractivity contribution is 0.0786. The van der Waals surface area contributed by atoms with Crippen molar-refractivity contribution >= 4 is 57.7 Å². The van der Waals surface area contributed by atoms with E-state index in [9.17, 15) is 4.79 Å². The second-order valence-electron chi connectivity index (χ2n) is 4.23. The van der Waals surface area contributed by atoms with Crippen molar-refractivity contribution in [1.82, 2.24) is 4.90 Å². The maximum atomic E-state index is 12.4. The molecule has 2 aromatic rings. The number of halogens is 3. The summed E-state index contributed by atoms with van der Waals surface area (Å²) < 4.78 is 0.686. The number of nitrogens with zero attached hydrogens (tertiary/aromatic N) is 1. The number of amides is 1. The van der Waals surface area contributed by atoms with Gasteiger partial charge in [-0.15, -0.1) is 11.3 Å². The van der Waals surface area contributed by atoms with Crippen LogP contribution in [-0.2, 0) is 6.54 Å². The van der Waals surface area contributed by atoms with Crippen LogP contribution in [0, 0.1) is 0 Å². The molecule has 0 aliphatic heterocycles. The molecular formula is C13H11Cl3N2OS. The molecule has 1 aromatic heterocycles. The molecule has 0 saturated heterocycles. The highest BCUT2D eigenvalue weighted by Gasteiger charge is 2.18. The van der Waals surface area contributed by atoms with Gasteiger partial charge >= 0.3 is 0 Å². The molecule has 1 heterocycles. The van der Waals surface area contributed by atoms with Gasteiger partial charge in [0.05, 0.1) is 26.5 Å². The summed E-state index contributed by atoms with van der Waals surface area (Å²) in [6.07, 6.45) is 0. The zero-order valence-electron chi connectivity index (χ0n) is 10.5. The molecule has 0 radical (unpaired) electrons. The van der Waals surface area contributed by atoms with Gasteiger partial charge in [-0.1, -0.05) is 34.8 Å². The number of hydrogen-bond donors (Lipinski definition) is 1. The van der Waals surface area contributed by atoms with Gasteiger partial charge in [-0.05, 0) is 24.3 Å². The zero-order valence-corrected chi connectivity index (χ0v) is 13.6. The number of nitrogen functional groups attached to an aromatic ring is 1. The van der Waals surface area contributed by atoms with E-state index in [2.05, 4.69) is 0 Å². The van der Waals surface area contributed by atoms with Gasteiger partial charge in [-0.2, -0.15) is 0 Å². The number of carbonyl (C=O) groups is 1. The summed E-state index contributed by atoms with van der Waals surface area (Å²) in [6, 6.07) is 6.71. The molecule has 0 aliphatic carbocycles. The molecule has 2 N–H and O–H groups in total. The van der Waals surface area contributed by atoms with Crippen LogP contribution in [0.25, 0.3) is 0 Å². The first kappa shape index (κ1) is 15.4. The van der Waals surface area contributed by atoms with Crippen molar-refractivity contribution in [3.05, 3.63) is 49.1 Å². The van der Waals surface area contributed by atoms with Crippen LogP contribution in [0.1, 0.15) is 15.2 Å². The Kier molecular flexibility index (Phi) is 4.81. The lowest BCUT2D eigenvalue weighted by Gasteiger charge is -2.17. The quantitative estimate of drug-likeness (QED) is 0.825. The molecule has 0 aliphatic rings. The van der Waals surface area contributed by atoms with Gasteiger partial charge < -0.3 is 10.6 Å². The molecule has 1 aromatic carbocycles. The molecule has 7 heteroatoms. The number of rotatable bonds is 3. The van der Waals surface area contributed by atoms with Crippen molar-refractivity contribution in [2.45, 2.75) is 6.54 Å². The smallest absolute Gasteiger partial charge is 0.255 e. The number of nitrogens with two attached hydrogens (primary N) is 1. The largest absolute Gasteiger partial charge is 0.399 e. The van der Waals surface area contributed by atoms with Crippen LogP contribution < -0.4 is 5.73 Å². The molecule has 20 heavy (non-hydrogen) atoms. The predicted octanol–water partition coefficient (Wildman–Crippen LogP) is 4.56. The highest BCUT2D eigenvalue weighted by atomic mass is 35.5. The van der Waals surface area contributed by atoms with Crippen LogP contribution in [0.4, 0.5) is 5.69 Å². The van der Waals surface area contributed by atoms with Crippen molar-refractivity contribution in [1.29, 1.82) is 0 Å². The summed E-state index contributed by atoms with van der Waals surface area (Å²) in [5.41, 5.74) is 6.38. The van der Waals surface area contributed by atoms with Crippen molar-refractivity contribution < 1.29 is 4.79 Å². The van der Waals surface area contributed by atoms with E-state index in [1.54, 1.807) is 18.0 Å². The lowest BCUT2D eigenvalue weighted by atomic mass is 10.1. The Bertz CT molecular complexity index is 657. The normalized spacial score (nSPS) is 10.6. The summed E-state index contributed by atoms with van der Waals surface area (Å²) in [7, 11) is 1.68. The Balaban J connectivity index is 2.22. The van der Waals surface area contributed by atoms with Crippen molar-refractivity contribution in [3.63, 3.8) is 0 Å². The molecule has 0 saturated carbocycles. The van der Waals surface area contributed by atoms with Crippen LogP contribution in [0.5, 0.6) is 0 Å². The molecule has 2 rings (SSSR count). The fraction of sp³-hybridized carbons (Fsp3) is 0.154. The SMILES string of the molecule is CN(Cc1ccc(Cl)s1)C(=O)c1cc(N)cc(Cl)c1Cl. The Labute approximate surface area is 135 Å². The molecule has 0 atom stereocenters. The molecule has 0 fully saturated rings. The van der Waals surface area contributed by atoms with Gasteiger partial charge in [0, 0.05) is 17.6 Å². The highest BCUT2D eigenvalue weighted by Crippen LogP contribution is 2.30. The number of thiophene rings is 1. The van der Waals surface area contributed by atoms with Gasteiger partial charge in [-0.3, -0.25) is 4.79 Å². The Hall–Kier alpha value is -0.940. The second kappa shape index (κ2) is 6.22. The maximum Gasteiger partial charge on any atom is 0.255 e. The third-order valence-corrected chi connectivity index (χ3v) is 4.67. The molecule has 1 amide bonds. The first-order chi connectivity index (χ1) is 9.38. The van der Waals surface area contributed by atoms with E-state index < -0.39 is 0 Å². The molecule has 0 unspecified atom stereocenters. The van der Waals surface area contributed by atoms with Crippen LogP contribution >= 0.6 is 46.1 Å². The summed E-state index contributed by atoms with van der Waals surface area (Å²) in [6.45, 7) is 0.443. The van der Waals surface area contributed by atoms with E-state index in [4.69, 9.17) is 40.5 Å². The summed E-state index contributed by atoms with van der Waals surface area (Å²) in [5.74, 6) is -0.242. The average molecular weight is 350 g/mol. The Morgan fingerprint density at radius 2 is 2.00 bits per heavy atom. The van der Waals surface area contributed by atoms with Gasteiger partial charge in [0.15, 0.2) is 0 Å². The highest BCUT2D eigenvalue weighted by molar-refractivity contribution is 7.16. The molecule has 3 nitrogen and oxygen atoms in total. The first-order valence-corrected chi connectivity index (χ1v) is 7.57. The number of anilines is 1. The van der Waals surface area contributed by atoms with Crippen molar-refractivity contribution in [3.8, 4) is 0 Å². The van der Waals surface area contributed by atoms with Crippen molar-refractivity contribution in [2.75, 3.05) is 12.8 Å². The first-order valence-electron chi connectivity index (χ1n) is 5.62. The Morgan fingerprint density at radius 3 is 2.60 bits per heavy atom. The maximum absolute atomic E-state index is 12.4. The summed E-state index contributed by atoms with van der Waals surface area (Å²) in [5, 5.41) is 0.476. The third-order valence-electron chi connectivity index (χ3n) is 2.65. The van der Waals surface area contributed by atoms with Crippen molar-refractivity contribution in [2.24, 2.45) is 0 Å². The van der Waals surface area contributed by atoms with E-state index in [0.29, 0.717) is 22.1 Å². The zero-order chi connectivity index (χ0) is 14.9. The lowest BCUT2D eigenvalue weighted by Crippen LogP contribution is -2.26. The fourth-order valence-corrected chi connectivity index (χ4v) is 3.27. The Morgan fingerprint density at radius 1 is 1.30 bits per heavy atom. The topological polar surface area (TPSA) is 46.3 Å². The third kappa shape index (κ3) is 3.38. The fourth-order valence-electron chi connectivity index (χ4n) is 1.71. The molecule has 0 bridgehead atoms.